The van der Waals surface area contributed by atoms with Gasteiger partial charge in [-0.15, -0.1) is 0 Å². The maximum Gasteiger partial charge on any atom is 0.329 e. The van der Waals surface area contributed by atoms with Crippen molar-refractivity contribution in [2.45, 2.75) is 108 Å². The molecule has 9 nitrogen and oxygen atoms in total. The number of anilines is 1. The lowest BCUT2D eigenvalue weighted by atomic mass is 9.59. The molecule has 2 aliphatic heterocycles. The van der Waals surface area contributed by atoms with Crippen LogP contribution in [0.15, 0.2) is 48.7 Å². The minimum Gasteiger partial charge on any atom is -0.493 e. The number of nitrogens with zero attached hydrogens (tertiary/aromatic N) is 2. The molecule has 10 heteroatoms. The number of aromatic nitrogens is 1. The first-order chi connectivity index (χ1) is 27.0. The average Bonchev–Trinajstić information content (AvgIpc) is 3.31. The number of carbonyl (C=O) groups is 2. The number of ketones is 1. The Labute approximate surface area is 336 Å². The second-order valence-electron chi connectivity index (χ2n) is 17.8. The van der Waals surface area contributed by atoms with Gasteiger partial charge >= 0.3 is 5.97 Å². The average molecular weight is 784 g/mol. The molecule has 2 fully saturated rings. The number of hydrogen-bond acceptors (Lipinski definition) is 8. The van der Waals surface area contributed by atoms with Crippen molar-refractivity contribution in [3.63, 3.8) is 0 Å². The first kappa shape index (κ1) is 39.0. The molecule has 300 valence electrons. The van der Waals surface area contributed by atoms with Crippen molar-refractivity contribution >= 4 is 29.0 Å². The van der Waals surface area contributed by atoms with Gasteiger partial charge in [-0.1, -0.05) is 31.5 Å². The molecule has 5 aliphatic rings. The van der Waals surface area contributed by atoms with Gasteiger partial charge in [0.15, 0.2) is 11.5 Å². The van der Waals surface area contributed by atoms with Crippen LogP contribution in [0.1, 0.15) is 107 Å². The van der Waals surface area contributed by atoms with Gasteiger partial charge in [0.1, 0.15) is 17.1 Å². The fourth-order valence-electron chi connectivity index (χ4n) is 10.8. The van der Waals surface area contributed by atoms with Crippen LogP contribution in [0, 0.1) is 23.7 Å². The van der Waals surface area contributed by atoms with Gasteiger partial charge in [-0.25, -0.2) is 4.79 Å². The molecule has 3 aromatic rings. The third-order valence-corrected chi connectivity index (χ3v) is 14.2. The number of rotatable bonds is 11. The van der Waals surface area contributed by atoms with Crippen LogP contribution in [-0.2, 0) is 27.8 Å². The Kier molecular flexibility index (Phi) is 11.3. The number of aliphatic carboxylic acids is 1. The fraction of sp³-hybridized carbons (Fsp3) is 0.587. The summed E-state index contributed by atoms with van der Waals surface area (Å²) >= 11 is 6.32. The van der Waals surface area contributed by atoms with Crippen LogP contribution in [0.5, 0.6) is 17.2 Å². The standard InChI is InChI=1S/C46H58ClN3O6/c1-29(26-54-40-10-17-48-39-9-4-6-30(2)43(39)40)20-35-21-34-22-41-42(56-28-32(27-55-41)25-50-18-11-33(12-19-50)31(3)51)24-38(34)45(35)13-15-46(16-14-45,44(52)53)49-37-8-5-7-36(47)23-37/h5,7-8,10,17,22-24,29-30,32-33,35,49H,4,6,9,11-16,18-21,25-28H2,1-3H3,(H,52,53)/t29-,30-,32?,35?,45?,46?/m1/s1. The van der Waals surface area contributed by atoms with Crippen LogP contribution in [0.25, 0.3) is 0 Å². The van der Waals surface area contributed by atoms with E-state index in [1.54, 1.807) is 19.1 Å². The SMILES string of the molecule is CC(=O)C1CCN(CC2COc3cc4c(cc3OC2)C2(CCC(Nc3cccc(Cl)c3)(C(=O)O)CC2)C(C[C@@H](C)COc2ccnc3c2[C@H](C)CCC3)C4)CC1. The van der Waals surface area contributed by atoms with E-state index in [1.807, 2.05) is 24.4 Å². The van der Waals surface area contributed by atoms with Crippen molar-refractivity contribution in [1.82, 2.24) is 9.88 Å². The van der Waals surface area contributed by atoms with E-state index in [2.05, 4.69) is 41.2 Å². The summed E-state index contributed by atoms with van der Waals surface area (Å²) in [6, 6.07) is 13.9. The van der Waals surface area contributed by atoms with Crippen LogP contribution < -0.4 is 19.5 Å². The van der Waals surface area contributed by atoms with Crippen molar-refractivity contribution < 1.29 is 28.9 Å². The van der Waals surface area contributed by atoms with Gasteiger partial charge in [-0.2, -0.15) is 0 Å². The predicted molar refractivity (Wildman–Crippen MR) is 218 cm³/mol. The lowest BCUT2D eigenvalue weighted by Gasteiger charge is -2.47. The Balaban J connectivity index is 1.02. The van der Waals surface area contributed by atoms with Crippen molar-refractivity contribution in [3.8, 4) is 17.2 Å². The maximum absolute atomic E-state index is 13.1. The number of carboxylic acids is 1. The smallest absolute Gasteiger partial charge is 0.329 e. The second kappa shape index (κ2) is 16.2. The number of ether oxygens (including phenoxy) is 3. The van der Waals surface area contributed by atoms with Crippen molar-refractivity contribution in [2.75, 3.05) is 44.8 Å². The fourth-order valence-corrected chi connectivity index (χ4v) is 11.0. The lowest BCUT2D eigenvalue weighted by Crippen LogP contribution is -2.53. The Hall–Kier alpha value is -3.82. The molecule has 0 amide bonds. The van der Waals surface area contributed by atoms with Crippen LogP contribution in [-0.4, -0.2) is 71.7 Å². The second-order valence-corrected chi connectivity index (χ2v) is 18.3. The van der Waals surface area contributed by atoms with Gasteiger partial charge < -0.3 is 29.5 Å². The Morgan fingerprint density at radius 3 is 2.52 bits per heavy atom. The molecule has 1 saturated carbocycles. The number of fused-ring (bicyclic) bond motifs is 4. The number of hydrogen-bond donors (Lipinski definition) is 2. The molecule has 3 heterocycles. The van der Waals surface area contributed by atoms with Gasteiger partial charge in [0.05, 0.1) is 19.8 Å². The Morgan fingerprint density at radius 1 is 1.05 bits per heavy atom. The molecule has 2 N–H and O–H groups in total. The molecule has 3 aliphatic carbocycles. The topological polar surface area (TPSA) is 110 Å². The summed E-state index contributed by atoms with van der Waals surface area (Å²) in [5.74, 6) is 3.53. The summed E-state index contributed by atoms with van der Waals surface area (Å²) in [6.45, 7) is 10.8. The quantitative estimate of drug-likeness (QED) is 0.197. The zero-order chi connectivity index (χ0) is 39.0. The van der Waals surface area contributed by atoms with E-state index in [0.29, 0.717) is 55.3 Å². The third-order valence-electron chi connectivity index (χ3n) is 14.0. The molecule has 4 atom stereocenters. The summed E-state index contributed by atoms with van der Waals surface area (Å²) in [6.07, 6.45) is 11.4. The van der Waals surface area contributed by atoms with Crippen LogP contribution >= 0.6 is 11.6 Å². The highest BCUT2D eigenvalue weighted by atomic mass is 35.5. The first-order valence-corrected chi connectivity index (χ1v) is 21.4. The summed E-state index contributed by atoms with van der Waals surface area (Å²) in [5.41, 5.74) is 4.48. The third kappa shape index (κ3) is 7.87. The van der Waals surface area contributed by atoms with Crippen molar-refractivity contribution in [3.05, 3.63) is 76.1 Å². The molecule has 56 heavy (non-hydrogen) atoms. The molecule has 1 saturated heterocycles. The number of piperidine rings is 1. The minimum absolute atomic E-state index is 0.190. The number of halogens is 1. The number of nitrogens with one attached hydrogen (secondary N) is 1. The minimum atomic E-state index is -1.09. The molecular weight excluding hydrogens is 726 g/mol. The van der Waals surface area contributed by atoms with E-state index in [4.69, 9.17) is 25.8 Å². The Morgan fingerprint density at radius 2 is 1.80 bits per heavy atom. The van der Waals surface area contributed by atoms with E-state index >= 15 is 0 Å². The maximum atomic E-state index is 13.1. The van der Waals surface area contributed by atoms with Gasteiger partial charge in [0.25, 0.3) is 0 Å². The van der Waals surface area contributed by atoms with Gasteiger partial charge in [0, 0.05) is 46.5 Å². The van der Waals surface area contributed by atoms with Crippen molar-refractivity contribution in [1.29, 1.82) is 0 Å². The number of carbonyl (C=O) groups excluding carboxylic acids is 1. The molecule has 8 rings (SSSR count). The largest absolute Gasteiger partial charge is 0.493 e. The summed E-state index contributed by atoms with van der Waals surface area (Å²) < 4.78 is 19.7. The zero-order valence-corrected chi connectivity index (χ0v) is 34.0. The summed E-state index contributed by atoms with van der Waals surface area (Å²) in [5, 5.41) is 14.7. The van der Waals surface area contributed by atoms with Crippen LogP contribution in [0.2, 0.25) is 5.02 Å². The highest BCUT2D eigenvalue weighted by molar-refractivity contribution is 6.30. The van der Waals surface area contributed by atoms with E-state index in [1.165, 1.54) is 28.8 Å². The summed E-state index contributed by atoms with van der Waals surface area (Å²) in [7, 11) is 0. The lowest BCUT2D eigenvalue weighted by molar-refractivity contribution is -0.144. The highest BCUT2D eigenvalue weighted by Crippen LogP contribution is 2.58. The Bertz CT molecular complexity index is 1920. The van der Waals surface area contributed by atoms with E-state index in [9.17, 15) is 14.7 Å². The normalized spacial score (nSPS) is 28.2. The van der Waals surface area contributed by atoms with E-state index < -0.39 is 11.5 Å². The van der Waals surface area contributed by atoms with Gasteiger partial charge in [-0.05, 0) is 161 Å². The zero-order valence-electron chi connectivity index (χ0n) is 33.3. The number of Topliss-reactive ketones (excluding diaryl/α,β-unsaturated/α-hetero) is 1. The van der Waals surface area contributed by atoms with Crippen molar-refractivity contribution in [2.24, 2.45) is 23.7 Å². The summed E-state index contributed by atoms with van der Waals surface area (Å²) in [4.78, 5) is 32.2. The number of likely N-dealkylation sites (tertiary alicyclic amines) is 1. The molecule has 1 aromatic heterocycles. The number of benzene rings is 2. The van der Waals surface area contributed by atoms with Gasteiger partial charge in [0.2, 0.25) is 0 Å². The number of carboxylic acid groups (broad SMARTS) is 1. The highest BCUT2D eigenvalue weighted by Gasteiger charge is 2.54. The van der Waals surface area contributed by atoms with Crippen LogP contribution in [0.3, 0.4) is 0 Å². The molecule has 2 unspecified atom stereocenters. The number of aryl methyl sites for hydroxylation is 1. The molecule has 1 spiro atoms. The molecule has 0 bridgehead atoms. The van der Waals surface area contributed by atoms with Gasteiger partial charge in [-0.3, -0.25) is 9.78 Å². The first-order valence-electron chi connectivity index (χ1n) is 21.1. The predicted octanol–water partition coefficient (Wildman–Crippen LogP) is 8.89. The van der Waals surface area contributed by atoms with Crippen LogP contribution in [0.4, 0.5) is 5.69 Å². The van der Waals surface area contributed by atoms with E-state index in [-0.39, 0.29) is 23.2 Å². The molecule has 0 radical (unpaired) electrons. The number of pyridine rings is 1. The monoisotopic (exact) mass is 783 g/mol. The van der Waals surface area contributed by atoms with E-state index in [0.717, 1.165) is 93.9 Å². The molecule has 2 aromatic carbocycles. The molecular formula is C46H58ClN3O6.